The number of fused-ring (bicyclic) bond motifs is 15. The van der Waals surface area contributed by atoms with Gasteiger partial charge < -0.3 is 22.1 Å². The van der Waals surface area contributed by atoms with Crippen molar-refractivity contribution >= 4 is 110 Å². The van der Waals surface area contributed by atoms with Crippen LogP contribution in [-0.2, 0) is 60.9 Å². The van der Waals surface area contributed by atoms with E-state index in [9.17, 15) is 0 Å². The highest BCUT2D eigenvalue weighted by Gasteiger charge is 2.30. The predicted molar refractivity (Wildman–Crippen MR) is 537 cm³/mol. The molecule has 0 N–H and O–H groups in total. The second-order valence-electron chi connectivity index (χ2n) is 35.1. The average Bonchev–Trinajstić information content (AvgIpc) is 1.02. The summed E-state index contributed by atoms with van der Waals surface area (Å²) in [6.07, 6.45) is 15.7. The second kappa shape index (κ2) is 38.7. The molecule has 15 heterocycles. The summed E-state index contributed by atoms with van der Waals surface area (Å²) in [5.74, 6) is -1.96. The topological polar surface area (TPSA) is 150 Å². The minimum absolute atomic E-state index is 0.0724. The summed E-state index contributed by atoms with van der Waals surface area (Å²) in [5, 5.41) is 9.81. The van der Waals surface area contributed by atoms with Gasteiger partial charge in [-0.2, -0.15) is 0 Å². The van der Waals surface area contributed by atoms with Gasteiger partial charge in [0.2, 0.25) is 57.0 Å². The number of aryl methyl sites for hydroxylation is 16. The molecule has 2 aliphatic carbocycles. The van der Waals surface area contributed by atoms with E-state index >= 15 is 0 Å². The lowest BCUT2D eigenvalue weighted by molar-refractivity contribution is -0.660. The van der Waals surface area contributed by atoms with Crippen LogP contribution < -0.4 is 22.8 Å². The van der Waals surface area contributed by atoms with Crippen molar-refractivity contribution in [1.82, 2.24) is 24.9 Å². The lowest BCUT2D eigenvalue weighted by atomic mass is 9.86. The molecule has 0 amide bonds. The smallest absolute Gasteiger partial charge is 0.227 e. The molecule has 666 valence electrons. The van der Waals surface area contributed by atoms with Gasteiger partial charge in [0.25, 0.3) is 0 Å². The molecule has 22 rings (SSSR count). The summed E-state index contributed by atoms with van der Waals surface area (Å²) in [7, 11) is 10.2. The van der Waals surface area contributed by atoms with Gasteiger partial charge in [-0.1, -0.05) is 134 Å². The monoisotopic (exact) mass is 1760 g/mol. The van der Waals surface area contributed by atoms with Crippen molar-refractivity contribution in [2.24, 2.45) is 35.2 Å². The molecule has 132 heavy (non-hydrogen) atoms. The summed E-state index contributed by atoms with van der Waals surface area (Å²) in [4.78, 5) is 22.8. The van der Waals surface area contributed by atoms with Crippen LogP contribution in [0.4, 0.5) is 0 Å². The van der Waals surface area contributed by atoms with E-state index in [2.05, 4.69) is 273 Å². The Labute approximate surface area is 789 Å². The van der Waals surface area contributed by atoms with Crippen molar-refractivity contribution in [1.29, 1.82) is 0 Å². The number of nitrogens with zero attached hydrogens (tertiary/aromatic N) is 10. The molecule has 15 heteroatoms. The minimum atomic E-state index is -2.12. The molecule has 2 saturated carbocycles. The third-order valence-corrected chi connectivity index (χ3v) is 25.6. The molecule has 0 saturated heterocycles. The van der Waals surface area contributed by atoms with Gasteiger partial charge in [-0.25, -0.2) is 47.8 Å². The molecule has 15 nitrogen and oxygen atoms in total. The molecule has 20 aromatic rings. The van der Waals surface area contributed by atoms with Crippen molar-refractivity contribution in [3.05, 3.63) is 298 Å². The molecule has 1 atom stereocenters. The van der Waals surface area contributed by atoms with Gasteiger partial charge in [-0.05, 0) is 229 Å². The van der Waals surface area contributed by atoms with Crippen LogP contribution >= 0.6 is 0 Å². The van der Waals surface area contributed by atoms with Crippen LogP contribution in [0.1, 0.15) is 216 Å². The van der Waals surface area contributed by atoms with Crippen molar-refractivity contribution in [3.8, 4) is 68.6 Å². The molecule has 0 bridgehead atoms. The van der Waals surface area contributed by atoms with E-state index < -0.39 is 36.8 Å². The van der Waals surface area contributed by atoms with Gasteiger partial charge in [0.1, 0.15) is 35.2 Å². The lowest BCUT2D eigenvalue weighted by Crippen LogP contribution is -2.30. The maximum Gasteiger partial charge on any atom is 0.227 e. The van der Waals surface area contributed by atoms with E-state index in [4.69, 9.17) is 35.8 Å². The summed E-state index contributed by atoms with van der Waals surface area (Å²) in [6, 6.07) is 61.5. The average molecular weight is 1760 g/mol. The Morgan fingerprint density at radius 2 is 0.697 bits per heavy atom. The largest absolute Gasteiger partial charge is 0.437 e. The summed E-state index contributed by atoms with van der Waals surface area (Å²) < 4.78 is 126. The maximum atomic E-state index is 8.98. The zero-order chi connectivity index (χ0) is 101. The summed E-state index contributed by atoms with van der Waals surface area (Å²) in [5.41, 5.74) is 31.9. The van der Waals surface area contributed by atoms with E-state index in [1.54, 1.807) is 31.2 Å². The number of pyridine rings is 10. The third-order valence-electron chi connectivity index (χ3n) is 25.6. The number of furan rings is 5. The van der Waals surface area contributed by atoms with Crippen LogP contribution in [0.2, 0.25) is 0 Å². The molecule has 15 aromatic heterocycles. The number of aromatic nitrogens is 10. The van der Waals surface area contributed by atoms with Crippen LogP contribution in [0.3, 0.4) is 0 Å². The van der Waals surface area contributed by atoms with Gasteiger partial charge in [0.15, 0.2) is 58.9 Å². The van der Waals surface area contributed by atoms with Crippen molar-refractivity contribution in [3.63, 3.8) is 0 Å². The van der Waals surface area contributed by atoms with Gasteiger partial charge >= 0.3 is 0 Å². The predicted octanol–water partition coefficient (Wildman–Crippen LogP) is 27.2. The van der Waals surface area contributed by atoms with Crippen LogP contribution in [-0.4, -0.2) is 24.9 Å². The quantitative estimate of drug-likeness (QED) is 0.0854. The molecular formula is C117H123N10O5+5. The van der Waals surface area contributed by atoms with E-state index in [0.717, 1.165) is 186 Å². The standard InChI is InChI=1S/C25H27N2O.C24H25N2O.C23H25N2O.C22H23N2O.C20H19N2O.C3H4/c1-16-13-14-27(3)22(15-16)23-17(2)9-10-19-20-11-12-21(18-7-5-4-6-8-18)26-25(20)28-24(19)23;1-15-12-13-26(3)21(14-15)22-16(2)8-9-18-19-10-11-20(17-6-4-5-7-17)25-24(19)27-23(18)22;1-6-16-11-12-25(5)20(13-16)21-15(4)7-8-17-18-9-10-19(14(2)3)24-23(18)26-22(17)21;1-5-15-11-12-24(4)19(13-15)20-14(3)7-9-17-18-10-8-16(6-2)23-22(18)25-21(17)20;1-4-14-9-11-22(3)17(12-14)18-13(2)7-8-15-16-6-5-10-21-20(16)23-19(15)18;1-3-2/h9-15,18H,4-8H2,1-3H3;8-14,17H,4-7H2,1-3H3;7-14H,6H2,1-5H3;7-13H,5-6H2,1-4H3;5-12H,4H2,1-3H3;1H,2H3/q5*+1;/i7D2,8D2,18D;6D2,17D;14D;;10D;. The first-order valence-corrected chi connectivity index (χ1v) is 46.0. The fourth-order valence-corrected chi connectivity index (χ4v) is 18.1. The van der Waals surface area contributed by atoms with Gasteiger partial charge in [-0.3, -0.25) is 0 Å². The Morgan fingerprint density at radius 3 is 1.07 bits per heavy atom. The molecule has 0 radical (unpaired) electrons. The van der Waals surface area contributed by atoms with Crippen LogP contribution in [0.5, 0.6) is 0 Å². The van der Waals surface area contributed by atoms with Crippen molar-refractivity contribution in [2.75, 3.05) is 0 Å². The molecule has 0 spiro atoms. The Hall–Kier alpha value is -13.8. The Morgan fingerprint density at radius 1 is 0.379 bits per heavy atom. The highest BCUT2D eigenvalue weighted by molar-refractivity contribution is 6.13. The zero-order valence-corrected chi connectivity index (χ0v) is 79.4. The van der Waals surface area contributed by atoms with Gasteiger partial charge in [0.05, 0.1) is 29.2 Å². The van der Waals surface area contributed by atoms with Crippen LogP contribution in [0.25, 0.3) is 167 Å². The minimum Gasteiger partial charge on any atom is -0.437 e. The fraction of sp³-hybridized carbons (Fsp3) is 0.299. The molecular weight excluding hydrogens is 1630 g/mol. The highest BCUT2D eigenvalue weighted by atomic mass is 16.4. The number of rotatable bonds is 12. The Bertz CT molecular complexity index is 8390. The maximum absolute atomic E-state index is 8.98. The molecule has 5 aromatic carbocycles. The molecule has 1 unspecified atom stereocenters. The van der Waals surface area contributed by atoms with Gasteiger partial charge in [0, 0.05) is 168 Å². The van der Waals surface area contributed by atoms with Crippen LogP contribution in [0.15, 0.2) is 241 Å². The van der Waals surface area contributed by atoms with E-state index in [0.29, 0.717) is 65.5 Å². The normalized spacial score (nSPS) is 16.5. The number of hydrogen-bond acceptors (Lipinski definition) is 10. The molecule has 2 aliphatic rings. The van der Waals surface area contributed by atoms with Crippen molar-refractivity contribution < 1.29 is 58.6 Å². The van der Waals surface area contributed by atoms with E-state index in [-0.39, 0.29) is 24.7 Å². The molecule has 0 aliphatic heterocycles. The first kappa shape index (κ1) is 78.0. The van der Waals surface area contributed by atoms with Crippen molar-refractivity contribution in [2.45, 2.75) is 198 Å². The van der Waals surface area contributed by atoms with E-state index in [1.165, 1.54) is 39.1 Å². The summed E-state index contributed by atoms with van der Waals surface area (Å²) >= 11 is 0. The molecule has 2 fully saturated rings. The fourth-order valence-electron chi connectivity index (χ4n) is 18.1. The second-order valence-corrected chi connectivity index (χ2v) is 35.1. The SMILES string of the molecule is C#CC.CCc1cc[n+](C)c(-c2c(C)ccc3c2oc2nc(CC)ccc23)c1.[2H]C(C)(C)c1ccc2c(n1)oc1c(-c3cc(CC)cc[n+]3C)c(C)ccc12.[2H]C1([2H])CCCC([2H])([2H])C1([2H])c1ccc2c(n1)oc1c(-c3cc(C)cc[n+]3C)c(C)ccc12.[2H]C1([2H])CCCC1([2H])c1ccc2c(n1)oc1c(-c3cc(C)cc[n+]3C)c(C)ccc12.[2H]c1ccc2c(n1)oc1c(-c3cc(CC)cc[n+]3C)c(C)ccc12. The number of terminal acetylenes is 1. The number of benzene rings is 5. The summed E-state index contributed by atoms with van der Waals surface area (Å²) in [6.45, 7) is 28.6. The lowest BCUT2D eigenvalue weighted by Gasteiger charge is -2.20. The van der Waals surface area contributed by atoms with E-state index in [1.807, 2.05) is 101 Å². The zero-order valence-electron chi connectivity index (χ0n) is 89.4. The first-order valence-electron chi connectivity index (χ1n) is 51.0. The Balaban J connectivity index is 0.000000122. The highest BCUT2D eigenvalue weighted by Crippen LogP contribution is 2.45. The third kappa shape index (κ3) is 17.8. The first-order chi connectivity index (χ1) is 67.6. The van der Waals surface area contributed by atoms with Gasteiger partial charge in [-0.15, -0.1) is 12.3 Å². The van der Waals surface area contributed by atoms with Crippen LogP contribution in [0, 0.1) is 60.8 Å². The Kier molecular flexibility index (Phi) is 22.9. The number of hydrogen-bond donors (Lipinski definition) is 0.